The topological polar surface area (TPSA) is 27.1 Å². The molecule has 78 valence electrons. The van der Waals surface area contributed by atoms with Gasteiger partial charge in [-0.25, -0.2) is 4.98 Å². The van der Waals surface area contributed by atoms with E-state index >= 15 is 0 Å². The van der Waals surface area contributed by atoms with Crippen LogP contribution >= 0.6 is 0 Å². The lowest BCUT2D eigenvalue weighted by molar-refractivity contribution is 0.254. The summed E-state index contributed by atoms with van der Waals surface area (Å²) in [5.41, 5.74) is 3.61. The molecule has 1 atom stereocenters. The van der Waals surface area contributed by atoms with Crippen LogP contribution in [0.5, 0.6) is 5.75 Å². The second kappa shape index (κ2) is 2.75. The number of hydrogen-bond acceptors (Lipinski definition) is 2. The Kier molecular flexibility index (Phi) is 1.61. The van der Waals surface area contributed by atoms with E-state index in [-0.39, 0.29) is 0 Å². The highest BCUT2D eigenvalue weighted by atomic mass is 16.5. The Hall–Kier alpha value is -1.51. The first-order valence-electron chi connectivity index (χ1n) is 5.28. The Morgan fingerprint density at radius 2 is 2.27 bits per heavy atom. The summed E-state index contributed by atoms with van der Waals surface area (Å²) in [4.78, 5) is 4.52. The third-order valence-electron chi connectivity index (χ3n) is 3.14. The van der Waals surface area contributed by atoms with Gasteiger partial charge in [0.2, 0.25) is 0 Å². The van der Waals surface area contributed by atoms with Crippen LogP contribution in [0.4, 0.5) is 0 Å². The zero-order valence-corrected chi connectivity index (χ0v) is 9.24. The van der Waals surface area contributed by atoms with E-state index in [2.05, 4.69) is 23.5 Å². The highest BCUT2D eigenvalue weighted by Gasteiger charge is 2.23. The van der Waals surface area contributed by atoms with Crippen molar-refractivity contribution in [1.29, 1.82) is 0 Å². The molecule has 0 radical (unpaired) electrons. The molecule has 0 saturated carbocycles. The van der Waals surface area contributed by atoms with E-state index in [4.69, 9.17) is 4.74 Å². The molecule has 0 fully saturated rings. The van der Waals surface area contributed by atoms with E-state index in [9.17, 15) is 0 Å². The predicted molar refractivity (Wildman–Crippen MR) is 59.2 cm³/mol. The molecule has 1 aliphatic heterocycles. The molecular weight excluding hydrogens is 188 g/mol. The molecule has 0 bridgehead atoms. The first-order valence-corrected chi connectivity index (χ1v) is 5.28. The number of benzene rings is 1. The van der Waals surface area contributed by atoms with Crippen molar-refractivity contribution in [1.82, 2.24) is 9.55 Å². The molecule has 1 aromatic carbocycles. The number of hydrogen-bond donors (Lipinski definition) is 0. The number of imidazole rings is 1. The second-order valence-electron chi connectivity index (χ2n) is 4.26. The molecule has 15 heavy (non-hydrogen) atoms. The van der Waals surface area contributed by atoms with Crippen LogP contribution in [0, 0.1) is 6.92 Å². The minimum Gasteiger partial charge on any atom is -0.490 e. The summed E-state index contributed by atoms with van der Waals surface area (Å²) in [6.45, 7) is 4.14. The van der Waals surface area contributed by atoms with Crippen molar-refractivity contribution >= 4 is 11.0 Å². The average molecular weight is 202 g/mol. The summed E-state index contributed by atoms with van der Waals surface area (Å²) in [7, 11) is 2.06. The van der Waals surface area contributed by atoms with E-state index in [1.165, 1.54) is 11.1 Å². The maximum absolute atomic E-state index is 5.74. The molecule has 1 unspecified atom stereocenters. The summed E-state index contributed by atoms with van der Waals surface area (Å²) in [6, 6.07) is 4.08. The summed E-state index contributed by atoms with van der Waals surface area (Å²) < 4.78 is 7.89. The molecule has 3 heteroatoms. The molecule has 0 spiro atoms. The minimum atomic E-state index is 0.292. The van der Waals surface area contributed by atoms with Crippen molar-refractivity contribution in [3.05, 3.63) is 23.5 Å². The molecule has 0 N–H and O–H groups in total. The quantitative estimate of drug-likeness (QED) is 0.655. The first kappa shape index (κ1) is 8.77. The molecule has 0 saturated heterocycles. The van der Waals surface area contributed by atoms with Crippen LogP contribution in [0.1, 0.15) is 18.3 Å². The van der Waals surface area contributed by atoms with Gasteiger partial charge < -0.3 is 9.30 Å². The first-order chi connectivity index (χ1) is 7.16. The van der Waals surface area contributed by atoms with Gasteiger partial charge >= 0.3 is 0 Å². The molecule has 1 aromatic heterocycles. The van der Waals surface area contributed by atoms with Crippen LogP contribution < -0.4 is 4.74 Å². The van der Waals surface area contributed by atoms with Crippen molar-refractivity contribution in [3.63, 3.8) is 0 Å². The van der Waals surface area contributed by atoms with Gasteiger partial charge in [0.15, 0.2) is 0 Å². The maximum atomic E-state index is 5.74. The van der Waals surface area contributed by atoms with Crippen molar-refractivity contribution in [2.45, 2.75) is 26.4 Å². The van der Waals surface area contributed by atoms with Crippen LogP contribution in [0.3, 0.4) is 0 Å². The number of rotatable bonds is 0. The van der Waals surface area contributed by atoms with Gasteiger partial charge in [-0.2, -0.15) is 0 Å². The molecule has 2 aromatic rings. The van der Waals surface area contributed by atoms with Gasteiger partial charge in [-0.3, -0.25) is 0 Å². The monoisotopic (exact) mass is 202 g/mol. The van der Waals surface area contributed by atoms with Gasteiger partial charge in [0, 0.05) is 19.0 Å². The summed E-state index contributed by atoms with van der Waals surface area (Å²) in [5, 5.41) is 0. The van der Waals surface area contributed by atoms with Gasteiger partial charge in [-0.05, 0) is 26.0 Å². The third kappa shape index (κ3) is 1.09. The fraction of sp³-hybridized carbons (Fsp3) is 0.417. The molecule has 2 heterocycles. The molecule has 3 rings (SSSR count). The Morgan fingerprint density at radius 3 is 3.07 bits per heavy atom. The normalized spacial score (nSPS) is 19.3. The van der Waals surface area contributed by atoms with E-state index in [1.807, 2.05) is 19.1 Å². The predicted octanol–water partition coefficient (Wildman–Crippen LogP) is 2.21. The zero-order chi connectivity index (χ0) is 10.6. The van der Waals surface area contributed by atoms with Gasteiger partial charge in [0.1, 0.15) is 17.7 Å². The average Bonchev–Trinajstić information content (AvgIpc) is 2.68. The second-order valence-corrected chi connectivity index (χ2v) is 4.26. The van der Waals surface area contributed by atoms with Crippen LogP contribution in [0.25, 0.3) is 11.0 Å². The number of fused-ring (bicyclic) bond motifs is 3. The smallest absolute Gasteiger partial charge is 0.125 e. The lowest BCUT2D eigenvalue weighted by Crippen LogP contribution is -2.05. The maximum Gasteiger partial charge on any atom is 0.125 e. The number of aryl methyl sites for hydroxylation is 2. The highest BCUT2D eigenvalue weighted by Crippen LogP contribution is 2.34. The third-order valence-corrected chi connectivity index (χ3v) is 3.14. The van der Waals surface area contributed by atoms with Gasteiger partial charge in [0.25, 0.3) is 0 Å². The summed E-state index contributed by atoms with van der Waals surface area (Å²) in [6.07, 6.45) is 1.28. The Labute approximate surface area is 88.7 Å². The van der Waals surface area contributed by atoms with Gasteiger partial charge in [-0.1, -0.05) is 0 Å². The van der Waals surface area contributed by atoms with Gasteiger partial charge in [-0.15, -0.1) is 0 Å². The molecule has 3 nitrogen and oxygen atoms in total. The number of ether oxygens (including phenoxy) is 1. The van der Waals surface area contributed by atoms with Crippen molar-refractivity contribution in [3.8, 4) is 5.75 Å². The van der Waals surface area contributed by atoms with Crippen LogP contribution in [-0.4, -0.2) is 15.7 Å². The van der Waals surface area contributed by atoms with Gasteiger partial charge in [0.05, 0.1) is 11.0 Å². The lowest BCUT2D eigenvalue weighted by atomic mass is 10.1. The highest BCUT2D eigenvalue weighted by molar-refractivity contribution is 5.83. The number of nitrogens with zero attached hydrogens (tertiary/aromatic N) is 2. The Balaban J connectivity index is 2.38. The van der Waals surface area contributed by atoms with Crippen molar-refractivity contribution in [2.75, 3.05) is 0 Å². The summed E-state index contributed by atoms with van der Waals surface area (Å²) >= 11 is 0. The SMILES string of the molecule is Cc1nc2ccc3c(c2n1C)CC(C)O3. The standard InChI is InChI=1S/C12H14N2O/c1-7-6-9-11(15-7)5-4-10-12(9)14(3)8(2)13-10/h4-5,7H,6H2,1-3H3. The van der Waals surface area contributed by atoms with E-state index in [1.54, 1.807) is 0 Å². The van der Waals surface area contributed by atoms with E-state index < -0.39 is 0 Å². The Morgan fingerprint density at radius 1 is 1.47 bits per heavy atom. The van der Waals surface area contributed by atoms with Crippen LogP contribution in [0.15, 0.2) is 12.1 Å². The Bertz CT molecular complexity index is 542. The zero-order valence-electron chi connectivity index (χ0n) is 9.24. The fourth-order valence-corrected chi connectivity index (χ4v) is 2.33. The lowest BCUT2D eigenvalue weighted by Gasteiger charge is -2.02. The molecular formula is C12H14N2O. The van der Waals surface area contributed by atoms with Crippen LogP contribution in [0.2, 0.25) is 0 Å². The number of aromatic nitrogens is 2. The molecule has 0 aliphatic carbocycles. The largest absolute Gasteiger partial charge is 0.490 e. The molecule has 1 aliphatic rings. The van der Waals surface area contributed by atoms with E-state index in [0.29, 0.717) is 6.10 Å². The van der Waals surface area contributed by atoms with E-state index in [0.717, 1.165) is 23.5 Å². The minimum absolute atomic E-state index is 0.292. The van der Waals surface area contributed by atoms with Crippen LogP contribution in [-0.2, 0) is 13.5 Å². The van der Waals surface area contributed by atoms with Crippen molar-refractivity contribution in [2.24, 2.45) is 7.05 Å². The molecule has 0 amide bonds. The summed E-state index contributed by atoms with van der Waals surface area (Å²) in [5.74, 6) is 2.08. The van der Waals surface area contributed by atoms with Crippen molar-refractivity contribution < 1.29 is 4.74 Å². The fourth-order valence-electron chi connectivity index (χ4n) is 2.33.